The van der Waals surface area contributed by atoms with Crippen molar-refractivity contribution in [2.45, 2.75) is 0 Å². The summed E-state index contributed by atoms with van der Waals surface area (Å²) in [5, 5.41) is 16.3. The van der Waals surface area contributed by atoms with Gasteiger partial charge in [-0.1, -0.05) is 60.7 Å². The minimum Gasteiger partial charge on any atom is -0.452 e. The summed E-state index contributed by atoms with van der Waals surface area (Å²) in [4.78, 5) is 62.1. The van der Waals surface area contributed by atoms with Crippen LogP contribution in [-0.2, 0) is 9.53 Å². The summed E-state index contributed by atoms with van der Waals surface area (Å²) in [6.07, 6.45) is 0. The molecule has 5 rings (SSSR count). The van der Waals surface area contributed by atoms with Crippen molar-refractivity contribution in [3.8, 4) is 0 Å². The highest BCUT2D eigenvalue weighted by atomic mass is 16.6. The van der Waals surface area contributed by atoms with Gasteiger partial charge < -0.3 is 10.1 Å². The average Bonchev–Trinajstić information content (AvgIpc) is 2.89. The lowest BCUT2D eigenvalue weighted by atomic mass is 9.82. The van der Waals surface area contributed by atoms with Crippen LogP contribution in [0.1, 0.15) is 42.2 Å². The summed E-state index contributed by atoms with van der Waals surface area (Å²) >= 11 is 0. The van der Waals surface area contributed by atoms with Crippen molar-refractivity contribution in [3.05, 3.63) is 117 Å². The SMILES string of the molecule is O=C(COC(=O)c1ccc2c(c1[N+](=O)[O-])C(=O)c1ccccc1C2=O)Nc1cccc2ccccc12. The minimum atomic E-state index is -1.17. The van der Waals surface area contributed by atoms with Crippen molar-refractivity contribution in [1.29, 1.82) is 0 Å². The summed E-state index contributed by atoms with van der Waals surface area (Å²) in [6, 6.07) is 20.9. The lowest BCUT2D eigenvalue weighted by molar-refractivity contribution is -0.385. The molecule has 9 nitrogen and oxygen atoms in total. The molecule has 4 aromatic rings. The molecule has 0 fully saturated rings. The van der Waals surface area contributed by atoms with Gasteiger partial charge in [0.25, 0.3) is 11.6 Å². The Labute approximate surface area is 203 Å². The third-order valence-electron chi connectivity index (χ3n) is 5.87. The highest BCUT2D eigenvalue weighted by molar-refractivity contribution is 6.30. The number of carbonyl (C=O) groups excluding carboxylic acids is 4. The highest BCUT2D eigenvalue weighted by Crippen LogP contribution is 2.35. The molecule has 36 heavy (non-hydrogen) atoms. The van der Waals surface area contributed by atoms with E-state index in [-0.39, 0.29) is 16.7 Å². The van der Waals surface area contributed by atoms with Crippen molar-refractivity contribution in [1.82, 2.24) is 0 Å². The van der Waals surface area contributed by atoms with Crippen LogP contribution in [0.25, 0.3) is 10.8 Å². The number of ketones is 2. The maximum Gasteiger partial charge on any atom is 0.345 e. The first-order valence-corrected chi connectivity index (χ1v) is 10.8. The molecular formula is C27H16N2O7. The predicted octanol–water partition coefficient (Wildman–Crippen LogP) is 4.32. The first kappa shape index (κ1) is 22.6. The molecule has 0 saturated carbocycles. The van der Waals surface area contributed by atoms with Gasteiger partial charge in [-0.25, -0.2) is 4.79 Å². The molecule has 1 N–H and O–H groups in total. The molecule has 1 amide bonds. The highest BCUT2D eigenvalue weighted by Gasteiger charge is 2.39. The molecule has 0 saturated heterocycles. The zero-order chi connectivity index (χ0) is 25.4. The average molecular weight is 480 g/mol. The van der Waals surface area contributed by atoms with Gasteiger partial charge in [-0.2, -0.15) is 0 Å². The molecule has 0 unspecified atom stereocenters. The number of nitro benzene ring substituents is 1. The van der Waals surface area contributed by atoms with Crippen LogP contribution in [0.15, 0.2) is 78.9 Å². The number of fused-ring (bicyclic) bond motifs is 3. The maximum absolute atomic E-state index is 13.1. The van der Waals surface area contributed by atoms with Gasteiger partial charge in [0.15, 0.2) is 12.4 Å². The second kappa shape index (κ2) is 8.88. The first-order chi connectivity index (χ1) is 17.4. The van der Waals surface area contributed by atoms with Crippen LogP contribution in [0, 0.1) is 10.1 Å². The minimum absolute atomic E-state index is 0.0121. The van der Waals surface area contributed by atoms with Gasteiger partial charge >= 0.3 is 5.97 Å². The monoisotopic (exact) mass is 480 g/mol. The number of rotatable bonds is 5. The summed E-state index contributed by atoms with van der Waals surface area (Å²) in [5.41, 5.74) is -1.36. The van der Waals surface area contributed by atoms with E-state index >= 15 is 0 Å². The largest absolute Gasteiger partial charge is 0.452 e. The van der Waals surface area contributed by atoms with Crippen LogP contribution in [-0.4, -0.2) is 35.0 Å². The molecular weight excluding hydrogens is 464 g/mol. The van der Waals surface area contributed by atoms with Gasteiger partial charge in [0, 0.05) is 27.8 Å². The van der Waals surface area contributed by atoms with E-state index < -0.39 is 51.8 Å². The number of nitrogens with zero attached hydrogens (tertiary/aromatic N) is 1. The second-order valence-electron chi connectivity index (χ2n) is 8.00. The summed E-state index contributed by atoms with van der Waals surface area (Å²) in [5.74, 6) is -3.12. The normalized spacial score (nSPS) is 12.0. The number of amides is 1. The Morgan fingerprint density at radius 1 is 0.806 bits per heavy atom. The van der Waals surface area contributed by atoms with Gasteiger partial charge in [0.05, 0.1) is 4.92 Å². The molecule has 176 valence electrons. The van der Waals surface area contributed by atoms with Gasteiger partial charge in [0.1, 0.15) is 11.1 Å². The molecule has 0 atom stereocenters. The molecule has 0 spiro atoms. The van der Waals surface area contributed by atoms with Crippen molar-refractivity contribution in [2.75, 3.05) is 11.9 Å². The Bertz CT molecular complexity index is 1620. The van der Waals surface area contributed by atoms with E-state index in [9.17, 15) is 29.3 Å². The van der Waals surface area contributed by atoms with E-state index in [1.807, 2.05) is 30.3 Å². The standard InChI is InChI=1S/C27H16N2O7/c30-22(28-21-11-5-7-15-6-1-2-8-16(15)21)14-36-27(33)20-13-12-19-23(24(20)29(34)35)26(32)18-10-4-3-9-17(18)25(19)31/h1-13H,14H2,(H,28,30). The van der Waals surface area contributed by atoms with Crippen LogP contribution in [0.3, 0.4) is 0 Å². The Hall–Kier alpha value is -5.18. The Balaban J connectivity index is 1.40. The Kier molecular flexibility index (Phi) is 5.57. The van der Waals surface area contributed by atoms with E-state index in [0.717, 1.165) is 16.8 Å². The van der Waals surface area contributed by atoms with Crippen molar-refractivity contribution in [3.63, 3.8) is 0 Å². The Morgan fingerprint density at radius 2 is 1.47 bits per heavy atom. The number of esters is 1. The van der Waals surface area contributed by atoms with E-state index in [1.165, 1.54) is 24.3 Å². The number of nitro groups is 1. The van der Waals surface area contributed by atoms with Crippen molar-refractivity contribution < 1.29 is 28.8 Å². The summed E-state index contributed by atoms with van der Waals surface area (Å²) < 4.78 is 5.04. The predicted molar refractivity (Wildman–Crippen MR) is 129 cm³/mol. The van der Waals surface area contributed by atoms with E-state index in [1.54, 1.807) is 18.2 Å². The fourth-order valence-electron chi connectivity index (χ4n) is 4.25. The van der Waals surface area contributed by atoms with Crippen molar-refractivity contribution in [2.24, 2.45) is 0 Å². The lowest BCUT2D eigenvalue weighted by Gasteiger charge is -2.18. The van der Waals surface area contributed by atoms with E-state index in [2.05, 4.69) is 5.32 Å². The fourth-order valence-corrected chi connectivity index (χ4v) is 4.25. The summed E-state index contributed by atoms with van der Waals surface area (Å²) in [6.45, 7) is -0.716. The lowest BCUT2D eigenvalue weighted by Crippen LogP contribution is -2.25. The van der Waals surface area contributed by atoms with Gasteiger partial charge in [-0.05, 0) is 23.6 Å². The molecule has 0 radical (unpaired) electrons. The number of hydrogen-bond donors (Lipinski definition) is 1. The topological polar surface area (TPSA) is 133 Å². The number of anilines is 1. The zero-order valence-electron chi connectivity index (χ0n) is 18.5. The zero-order valence-corrected chi connectivity index (χ0v) is 18.5. The molecule has 4 aromatic carbocycles. The van der Waals surface area contributed by atoms with E-state index in [4.69, 9.17) is 4.74 Å². The fraction of sp³-hybridized carbons (Fsp3) is 0.0370. The molecule has 0 aromatic heterocycles. The van der Waals surface area contributed by atoms with Crippen LogP contribution in [0.4, 0.5) is 11.4 Å². The molecule has 0 bridgehead atoms. The molecule has 1 aliphatic carbocycles. The first-order valence-electron chi connectivity index (χ1n) is 10.8. The number of nitrogens with one attached hydrogen (secondary N) is 1. The smallest absolute Gasteiger partial charge is 0.345 e. The number of benzene rings is 4. The maximum atomic E-state index is 13.1. The van der Waals surface area contributed by atoms with Crippen molar-refractivity contribution >= 4 is 45.6 Å². The van der Waals surface area contributed by atoms with E-state index in [0.29, 0.717) is 5.69 Å². The molecule has 0 aliphatic heterocycles. The molecule has 0 heterocycles. The second-order valence-corrected chi connectivity index (χ2v) is 8.00. The van der Waals surface area contributed by atoms with Gasteiger partial charge in [-0.3, -0.25) is 24.5 Å². The van der Waals surface area contributed by atoms with Crippen LogP contribution < -0.4 is 5.32 Å². The Morgan fingerprint density at radius 3 is 2.22 bits per heavy atom. The summed E-state index contributed by atoms with van der Waals surface area (Å²) in [7, 11) is 0. The number of ether oxygens (including phenoxy) is 1. The van der Waals surface area contributed by atoms with Crippen LogP contribution in [0.2, 0.25) is 0 Å². The van der Waals surface area contributed by atoms with Gasteiger partial charge in [0.2, 0.25) is 5.78 Å². The van der Waals surface area contributed by atoms with Crippen LogP contribution >= 0.6 is 0 Å². The third kappa shape index (κ3) is 3.78. The molecule has 1 aliphatic rings. The number of carbonyl (C=O) groups is 4. The van der Waals surface area contributed by atoms with Gasteiger partial charge in [-0.15, -0.1) is 0 Å². The number of hydrogen-bond acceptors (Lipinski definition) is 7. The van der Waals surface area contributed by atoms with Crippen LogP contribution in [0.5, 0.6) is 0 Å². The quantitative estimate of drug-likeness (QED) is 0.225. The third-order valence-corrected chi connectivity index (χ3v) is 5.87. The molecule has 9 heteroatoms.